The number of hydrogen-bond acceptors (Lipinski definition) is 3. The second-order valence-electron chi connectivity index (χ2n) is 5.11. The molecular weight excluding hydrogens is 238 g/mol. The molecule has 0 aliphatic heterocycles. The number of nitrogens with zero attached hydrogens (tertiary/aromatic N) is 1. The Kier molecular flexibility index (Phi) is 6.19. The fourth-order valence-electron chi connectivity index (χ4n) is 2.04. The van der Waals surface area contributed by atoms with Crippen molar-refractivity contribution in [1.29, 1.82) is 0 Å². The molecule has 19 heavy (non-hydrogen) atoms. The van der Waals surface area contributed by atoms with Crippen LogP contribution >= 0.6 is 0 Å². The van der Waals surface area contributed by atoms with Crippen molar-refractivity contribution >= 4 is 5.78 Å². The summed E-state index contributed by atoms with van der Waals surface area (Å²) in [6.07, 6.45) is 0. The summed E-state index contributed by atoms with van der Waals surface area (Å²) in [5, 5.41) is 0. The van der Waals surface area contributed by atoms with Gasteiger partial charge in [0.25, 0.3) is 0 Å². The van der Waals surface area contributed by atoms with Gasteiger partial charge in [0.1, 0.15) is 0 Å². The van der Waals surface area contributed by atoms with E-state index in [-0.39, 0.29) is 5.78 Å². The van der Waals surface area contributed by atoms with E-state index in [0.717, 1.165) is 24.3 Å². The Morgan fingerprint density at radius 2 is 1.79 bits per heavy atom. The van der Waals surface area contributed by atoms with Gasteiger partial charge in [0.2, 0.25) is 0 Å². The average molecular weight is 263 g/mol. The predicted octanol–water partition coefficient (Wildman–Crippen LogP) is 2.76. The first-order valence-corrected chi connectivity index (χ1v) is 6.83. The third-order valence-corrected chi connectivity index (χ3v) is 3.38. The number of rotatable bonds is 7. The number of likely N-dealkylation sites (N-methyl/N-ethyl adjacent to an activating group) is 1. The zero-order chi connectivity index (χ0) is 14.4. The maximum absolute atomic E-state index is 12.3. The Labute approximate surface area is 116 Å². The minimum Gasteiger partial charge on any atom is -0.380 e. The van der Waals surface area contributed by atoms with Crippen molar-refractivity contribution < 1.29 is 9.53 Å². The van der Waals surface area contributed by atoms with E-state index in [1.54, 1.807) is 0 Å². The molecule has 0 bridgehead atoms. The van der Waals surface area contributed by atoms with Crippen LogP contribution < -0.4 is 0 Å². The Balaban J connectivity index is 2.65. The lowest BCUT2D eigenvalue weighted by atomic mass is 9.98. The number of ether oxygens (including phenoxy) is 1. The molecule has 0 atom stereocenters. The third-order valence-electron chi connectivity index (χ3n) is 3.38. The lowest BCUT2D eigenvalue weighted by Crippen LogP contribution is -2.29. The molecule has 1 aromatic rings. The zero-order valence-electron chi connectivity index (χ0n) is 12.7. The molecule has 0 amide bonds. The van der Waals surface area contributed by atoms with E-state index in [2.05, 4.69) is 13.0 Å². The third kappa shape index (κ3) is 4.77. The maximum atomic E-state index is 12.3. The van der Waals surface area contributed by atoms with Crippen LogP contribution in [0.15, 0.2) is 12.1 Å². The minimum absolute atomic E-state index is 0.180. The summed E-state index contributed by atoms with van der Waals surface area (Å²) < 4.78 is 5.30. The molecule has 1 aromatic carbocycles. The zero-order valence-corrected chi connectivity index (χ0v) is 12.7. The van der Waals surface area contributed by atoms with Gasteiger partial charge in [0.15, 0.2) is 5.78 Å². The topological polar surface area (TPSA) is 29.5 Å². The highest BCUT2D eigenvalue weighted by Crippen LogP contribution is 2.16. The van der Waals surface area contributed by atoms with Gasteiger partial charge in [-0.25, -0.2) is 0 Å². The van der Waals surface area contributed by atoms with Crippen LogP contribution in [-0.4, -0.2) is 44.0 Å². The summed E-state index contributed by atoms with van der Waals surface area (Å²) in [6, 6.07) is 4.09. The largest absolute Gasteiger partial charge is 0.380 e. The number of benzene rings is 1. The van der Waals surface area contributed by atoms with E-state index in [1.807, 2.05) is 38.8 Å². The van der Waals surface area contributed by atoms with Crippen molar-refractivity contribution in [2.75, 3.05) is 33.4 Å². The Hall–Kier alpha value is -1.19. The van der Waals surface area contributed by atoms with Crippen LogP contribution in [0.3, 0.4) is 0 Å². The molecule has 3 heteroatoms. The summed E-state index contributed by atoms with van der Waals surface area (Å²) in [4.78, 5) is 14.3. The van der Waals surface area contributed by atoms with Gasteiger partial charge in [-0.15, -0.1) is 0 Å². The van der Waals surface area contributed by atoms with E-state index in [0.29, 0.717) is 13.2 Å². The number of ketones is 1. The van der Waals surface area contributed by atoms with Gasteiger partial charge in [-0.1, -0.05) is 6.07 Å². The second-order valence-corrected chi connectivity index (χ2v) is 5.11. The SMILES string of the molecule is CCOCCN(C)CC(=O)c1cc(C)c(C)cc1C. The van der Waals surface area contributed by atoms with Crippen LogP contribution in [0, 0.1) is 20.8 Å². The standard InChI is InChI=1S/C16H25NO2/c1-6-19-8-7-17(5)11-16(18)15-10-13(3)12(2)9-14(15)4/h9-10H,6-8,11H2,1-5H3. The van der Waals surface area contributed by atoms with Gasteiger partial charge >= 0.3 is 0 Å². The lowest BCUT2D eigenvalue weighted by Gasteiger charge is -2.17. The molecule has 0 fully saturated rings. The highest BCUT2D eigenvalue weighted by molar-refractivity contribution is 5.99. The van der Waals surface area contributed by atoms with Crippen molar-refractivity contribution in [3.8, 4) is 0 Å². The number of Topliss-reactive ketones (excluding diaryl/α,β-unsaturated/α-hetero) is 1. The van der Waals surface area contributed by atoms with Crippen molar-refractivity contribution in [2.24, 2.45) is 0 Å². The molecule has 0 saturated carbocycles. The summed E-state index contributed by atoms with van der Waals surface area (Å²) in [5.41, 5.74) is 4.31. The average Bonchev–Trinajstić information content (AvgIpc) is 2.34. The Morgan fingerprint density at radius 1 is 1.16 bits per heavy atom. The molecular formula is C16H25NO2. The number of aryl methyl sites for hydroxylation is 3. The predicted molar refractivity (Wildman–Crippen MR) is 79.0 cm³/mol. The highest BCUT2D eigenvalue weighted by Gasteiger charge is 2.12. The Bertz CT molecular complexity index is 441. The van der Waals surface area contributed by atoms with Crippen molar-refractivity contribution in [1.82, 2.24) is 4.90 Å². The van der Waals surface area contributed by atoms with Gasteiger partial charge in [0, 0.05) is 18.7 Å². The number of carbonyl (C=O) groups excluding carboxylic acids is 1. The van der Waals surface area contributed by atoms with E-state index >= 15 is 0 Å². The monoisotopic (exact) mass is 263 g/mol. The fourth-order valence-corrected chi connectivity index (χ4v) is 2.04. The van der Waals surface area contributed by atoms with E-state index < -0.39 is 0 Å². The smallest absolute Gasteiger partial charge is 0.177 e. The summed E-state index contributed by atoms with van der Waals surface area (Å²) in [7, 11) is 1.95. The van der Waals surface area contributed by atoms with Crippen LogP contribution in [0.1, 0.15) is 34.0 Å². The van der Waals surface area contributed by atoms with Gasteiger partial charge in [-0.2, -0.15) is 0 Å². The van der Waals surface area contributed by atoms with Crippen LogP contribution in [0.25, 0.3) is 0 Å². The molecule has 0 radical (unpaired) electrons. The summed E-state index contributed by atoms with van der Waals surface area (Å²) >= 11 is 0. The van der Waals surface area contributed by atoms with Crippen molar-refractivity contribution in [3.63, 3.8) is 0 Å². The van der Waals surface area contributed by atoms with Crippen LogP contribution in [0.5, 0.6) is 0 Å². The molecule has 0 saturated heterocycles. The molecule has 0 heterocycles. The molecule has 0 aromatic heterocycles. The first-order valence-electron chi connectivity index (χ1n) is 6.83. The minimum atomic E-state index is 0.180. The highest BCUT2D eigenvalue weighted by atomic mass is 16.5. The van der Waals surface area contributed by atoms with Gasteiger partial charge < -0.3 is 4.74 Å². The summed E-state index contributed by atoms with van der Waals surface area (Å²) in [6.45, 7) is 10.7. The van der Waals surface area contributed by atoms with Gasteiger partial charge in [-0.3, -0.25) is 9.69 Å². The van der Waals surface area contributed by atoms with E-state index in [1.165, 1.54) is 11.1 Å². The molecule has 1 rings (SSSR count). The molecule has 0 aliphatic rings. The molecule has 0 spiro atoms. The first kappa shape index (κ1) is 15.9. The number of carbonyl (C=O) groups is 1. The first-order chi connectivity index (χ1) is 8.95. The van der Waals surface area contributed by atoms with Crippen molar-refractivity contribution in [3.05, 3.63) is 34.4 Å². The Morgan fingerprint density at radius 3 is 2.42 bits per heavy atom. The lowest BCUT2D eigenvalue weighted by molar-refractivity contribution is 0.0896. The fraction of sp³-hybridized carbons (Fsp3) is 0.562. The van der Waals surface area contributed by atoms with Crippen LogP contribution in [0.2, 0.25) is 0 Å². The summed E-state index contributed by atoms with van der Waals surface area (Å²) in [5.74, 6) is 0.180. The van der Waals surface area contributed by atoms with Crippen LogP contribution in [0.4, 0.5) is 0 Å². The second kappa shape index (κ2) is 7.41. The molecule has 0 N–H and O–H groups in total. The van der Waals surface area contributed by atoms with Gasteiger partial charge in [0.05, 0.1) is 13.2 Å². The van der Waals surface area contributed by atoms with Crippen LogP contribution in [-0.2, 0) is 4.74 Å². The quantitative estimate of drug-likeness (QED) is 0.559. The van der Waals surface area contributed by atoms with Crippen molar-refractivity contribution in [2.45, 2.75) is 27.7 Å². The number of hydrogen-bond donors (Lipinski definition) is 0. The van der Waals surface area contributed by atoms with E-state index in [4.69, 9.17) is 4.74 Å². The van der Waals surface area contributed by atoms with Gasteiger partial charge in [-0.05, 0) is 57.5 Å². The normalized spacial score (nSPS) is 11.1. The maximum Gasteiger partial charge on any atom is 0.177 e. The molecule has 3 nitrogen and oxygen atoms in total. The molecule has 0 aliphatic carbocycles. The molecule has 0 unspecified atom stereocenters. The van der Waals surface area contributed by atoms with E-state index in [9.17, 15) is 4.79 Å². The molecule has 106 valence electrons.